The Kier molecular flexibility index (Phi) is 14.7. The lowest BCUT2D eigenvalue weighted by Crippen LogP contribution is -2.57. The van der Waals surface area contributed by atoms with Gasteiger partial charge in [0.25, 0.3) is 0 Å². The molecule has 48 heavy (non-hydrogen) atoms. The Morgan fingerprint density at radius 3 is 1.71 bits per heavy atom. The van der Waals surface area contributed by atoms with Crippen LogP contribution in [0.1, 0.15) is 60.3 Å². The van der Waals surface area contributed by atoms with Crippen LogP contribution in [0.2, 0.25) is 0 Å². The first-order chi connectivity index (χ1) is 22.4. The zero-order valence-electron chi connectivity index (χ0n) is 27.9. The van der Waals surface area contributed by atoms with Crippen molar-refractivity contribution in [3.63, 3.8) is 0 Å². The minimum atomic E-state index is -1.11. The molecule has 2 aliphatic rings. The first kappa shape index (κ1) is 39.4. The molecule has 0 spiro atoms. The molecule has 0 aliphatic carbocycles. The van der Waals surface area contributed by atoms with Crippen LogP contribution in [0.3, 0.4) is 0 Å². The van der Waals surface area contributed by atoms with Gasteiger partial charge in [0.1, 0.15) is 36.3 Å². The molecule has 9 amide bonds. The first-order valence-corrected chi connectivity index (χ1v) is 15.8. The molecule has 0 unspecified atom stereocenters. The summed E-state index contributed by atoms with van der Waals surface area (Å²) in [5.41, 5.74) is 10.8. The standard InChI is InChI=1S/C29H48N10O9/c1-14(30)24(43)35-15(2)25(44)32-12-21(40)34-16(3)26(45)36-17(4)27(46)37-18(5)29(48)39-11-7-9-20(39)28(47)33-13-22(41)38-10-6-8-19(38)23(31)42/h14-20H,6-13,30H2,1-5H3,(H2,31,42)(H,32,44)(H,33,47)(H,34,40)(H,35,43)(H,36,45)(H,37,46)/t14-,15-,16-,17-,18-,19-,20-/m0/s1. The number of hydrogen-bond acceptors (Lipinski definition) is 10. The predicted molar refractivity (Wildman–Crippen MR) is 169 cm³/mol. The maximum absolute atomic E-state index is 13.2. The van der Waals surface area contributed by atoms with Crippen LogP contribution < -0.4 is 43.4 Å². The number of rotatable bonds is 15. The normalized spacial score (nSPS) is 20.3. The summed E-state index contributed by atoms with van der Waals surface area (Å²) in [5.74, 6) is -5.43. The van der Waals surface area contributed by atoms with Crippen molar-refractivity contribution >= 4 is 53.2 Å². The third kappa shape index (κ3) is 11.2. The van der Waals surface area contributed by atoms with Crippen LogP contribution in [-0.2, 0) is 43.2 Å². The Hall–Kier alpha value is -4.81. The molecule has 268 valence electrons. The maximum Gasteiger partial charge on any atom is 0.245 e. The summed E-state index contributed by atoms with van der Waals surface area (Å²) >= 11 is 0. The third-order valence-electron chi connectivity index (χ3n) is 7.99. The molecule has 0 aromatic carbocycles. The molecule has 0 bridgehead atoms. The van der Waals surface area contributed by atoms with Crippen LogP contribution in [0, 0.1) is 0 Å². The number of likely N-dealkylation sites (tertiary alicyclic amines) is 2. The Labute approximate surface area is 278 Å². The molecule has 2 saturated heterocycles. The van der Waals surface area contributed by atoms with Gasteiger partial charge < -0.3 is 53.2 Å². The van der Waals surface area contributed by atoms with Crippen LogP contribution >= 0.6 is 0 Å². The summed E-state index contributed by atoms with van der Waals surface area (Å²) in [4.78, 5) is 114. The fourth-order valence-electron chi connectivity index (χ4n) is 5.19. The zero-order chi connectivity index (χ0) is 36.3. The van der Waals surface area contributed by atoms with Gasteiger partial charge in [-0.2, -0.15) is 0 Å². The van der Waals surface area contributed by atoms with Crippen LogP contribution in [0.15, 0.2) is 0 Å². The number of amides is 9. The van der Waals surface area contributed by atoms with Crippen molar-refractivity contribution in [2.75, 3.05) is 26.2 Å². The Balaban J connectivity index is 1.80. The van der Waals surface area contributed by atoms with Crippen LogP contribution in [0.25, 0.3) is 0 Å². The molecule has 2 aliphatic heterocycles. The summed E-state index contributed by atoms with van der Waals surface area (Å²) in [6.45, 7) is 6.82. The highest BCUT2D eigenvalue weighted by atomic mass is 16.2. The SMILES string of the molecule is C[C@H](N)C(=O)N[C@@H](C)C(=O)NCC(=O)N[C@@H](C)C(=O)N[C@@H](C)C(=O)N[C@@H](C)C(=O)N1CCC[C@H]1C(=O)NCC(=O)N1CCC[C@H]1C(N)=O. The zero-order valence-corrected chi connectivity index (χ0v) is 27.9. The van der Waals surface area contributed by atoms with Gasteiger partial charge in [-0.3, -0.25) is 43.2 Å². The molecule has 10 N–H and O–H groups in total. The summed E-state index contributed by atoms with van der Waals surface area (Å²) in [6.07, 6.45) is 1.96. The van der Waals surface area contributed by atoms with E-state index in [1.807, 2.05) is 0 Å². The summed E-state index contributed by atoms with van der Waals surface area (Å²) in [7, 11) is 0. The molecule has 0 aromatic heterocycles. The van der Waals surface area contributed by atoms with E-state index in [2.05, 4.69) is 31.9 Å². The lowest BCUT2D eigenvalue weighted by Gasteiger charge is -2.28. The molecular weight excluding hydrogens is 632 g/mol. The van der Waals surface area contributed by atoms with Gasteiger partial charge in [0.05, 0.1) is 19.1 Å². The van der Waals surface area contributed by atoms with E-state index in [1.165, 1.54) is 44.4 Å². The quantitative estimate of drug-likeness (QED) is 0.0815. The van der Waals surface area contributed by atoms with Gasteiger partial charge in [0.2, 0.25) is 53.2 Å². The number of carbonyl (C=O) groups excluding carboxylic acids is 9. The largest absolute Gasteiger partial charge is 0.368 e. The monoisotopic (exact) mass is 680 g/mol. The maximum atomic E-state index is 13.2. The van der Waals surface area contributed by atoms with E-state index < -0.39 is 102 Å². The topological polar surface area (TPSA) is 284 Å². The van der Waals surface area contributed by atoms with Crippen LogP contribution in [0.4, 0.5) is 0 Å². The smallest absolute Gasteiger partial charge is 0.245 e. The summed E-state index contributed by atoms with van der Waals surface area (Å²) in [5, 5.41) is 14.6. The van der Waals surface area contributed by atoms with Crippen molar-refractivity contribution in [1.82, 2.24) is 41.7 Å². The van der Waals surface area contributed by atoms with E-state index in [9.17, 15) is 43.2 Å². The van der Waals surface area contributed by atoms with Gasteiger partial charge in [-0.05, 0) is 60.3 Å². The van der Waals surface area contributed by atoms with Crippen molar-refractivity contribution in [3.05, 3.63) is 0 Å². The van der Waals surface area contributed by atoms with Crippen molar-refractivity contribution in [1.29, 1.82) is 0 Å². The van der Waals surface area contributed by atoms with E-state index in [0.29, 0.717) is 32.2 Å². The molecule has 2 heterocycles. The number of nitrogens with one attached hydrogen (secondary N) is 6. The predicted octanol–water partition coefficient (Wildman–Crippen LogP) is -4.95. The fourth-order valence-corrected chi connectivity index (χ4v) is 5.19. The molecular formula is C29H48N10O9. The van der Waals surface area contributed by atoms with Crippen LogP contribution in [0.5, 0.6) is 0 Å². The fraction of sp³-hybridized carbons (Fsp3) is 0.690. The van der Waals surface area contributed by atoms with Gasteiger partial charge in [-0.15, -0.1) is 0 Å². The third-order valence-corrected chi connectivity index (χ3v) is 7.99. The number of primary amides is 1. The van der Waals surface area contributed by atoms with Gasteiger partial charge in [-0.25, -0.2) is 0 Å². The van der Waals surface area contributed by atoms with Gasteiger partial charge in [0.15, 0.2) is 0 Å². The average molecular weight is 681 g/mol. The lowest BCUT2D eigenvalue weighted by molar-refractivity contribution is -0.142. The molecule has 19 heteroatoms. The van der Waals surface area contributed by atoms with Gasteiger partial charge in [-0.1, -0.05) is 0 Å². The van der Waals surface area contributed by atoms with Crippen molar-refractivity contribution in [2.45, 2.75) is 103 Å². The second-order valence-electron chi connectivity index (χ2n) is 12.0. The molecule has 7 atom stereocenters. The highest BCUT2D eigenvalue weighted by Gasteiger charge is 2.38. The van der Waals surface area contributed by atoms with Crippen molar-refractivity contribution in [2.24, 2.45) is 11.5 Å². The minimum absolute atomic E-state index is 0.255. The minimum Gasteiger partial charge on any atom is -0.368 e. The first-order valence-electron chi connectivity index (χ1n) is 15.8. The molecule has 0 radical (unpaired) electrons. The second kappa shape index (κ2) is 17.9. The van der Waals surface area contributed by atoms with E-state index in [0.717, 1.165) is 0 Å². The van der Waals surface area contributed by atoms with E-state index in [-0.39, 0.29) is 13.1 Å². The molecule has 0 saturated carbocycles. The molecule has 19 nitrogen and oxygen atoms in total. The number of nitrogens with zero attached hydrogens (tertiary/aromatic N) is 2. The highest BCUT2D eigenvalue weighted by Crippen LogP contribution is 2.19. The van der Waals surface area contributed by atoms with Gasteiger partial charge >= 0.3 is 0 Å². The average Bonchev–Trinajstić information content (AvgIpc) is 3.72. The van der Waals surface area contributed by atoms with E-state index >= 15 is 0 Å². The van der Waals surface area contributed by atoms with E-state index in [4.69, 9.17) is 11.5 Å². The highest BCUT2D eigenvalue weighted by molar-refractivity contribution is 5.97. The number of hydrogen-bond donors (Lipinski definition) is 8. The van der Waals surface area contributed by atoms with Crippen molar-refractivity contribution in [3.8, 4) is 0 Å². The molecule has 2 fully saturated rings. The molecule has 2 rings (SSSR count). The Bertz CT molecular complexity index is 1280. The lowest BCUT2D eigenvalue weighted by atomic mass is 10.1. The van der Waals surface area contributed by atoms with E-state index in [1.54, 1.807) is 0 Å². The molecule has 0 aromatic rings. The Morgan fingerprint density at radius 1 is 0.625 bits per heavy atom. The Morgan fingerprint density at radius 2 is 1.12 bits per heavy atom. The van der Waals surface area contributed by atoms with Gasteiger partial charge in [0, 0.05) is 13.1 Å². The van der Waals surface area contributed by atoms with Crippen molar-refractivity contribution < 1.29 is 43.2 Å². The van der Waals surface area contributed by atoms with Crippen LogP contribution in [-0.4, -0.2) is 131 Å². The number of nitrogens with two attached hydrogens (primary N) is 2. The number of carbonyl (C=O) groups is 9. The summed E-state index contributed by atoms with van der Waals surface area (Å²) < 4.78 is 0. The second-order valence-corrected chi connectivity index (χ2v) is 12.0. The summed E-state index contributed by atoms with van der Waals surface area (Å²) in [6, 6.07) is -6.62.